The summed E-state index contributed by atoms with van der Waals surface area (Å²) in [5.74, 6) is 1.93. The smallest absolute Gasteiger partial charge is 0.151 e. The van der Waals surface area contributed by atoms with Gasteiger partial charge in [0.15, 0.2) is 5.82 Å². The summed E-state index contributed by atoms with van der Waals surface area (Å²) in [6, 6.07) is 4.75. The van der Waals surface area contributed by atoms with Gasteiger partial charge < -0.3 is 10.2 Å². The SMILES string of the molecule is CC1CCC(Nc2cccnc2N(C)C)CC1. The predicted molar refractivity (Wildman–Crippen MR) is 73.6 cm³/mol. The van der Waals surface area contributed by atoms with Crippen LogP contribution in [0.3, 0.4) is 0 Å². The minimum absolute atomic E-state index is 0.620. The normalized spacial score (nSPS) is 24.4. The van der Waals surface area contributed by atoms with Crippen LogP contribution >= 0.6 is 0 Å². The highest BCUT2D eigenvalue weighted by Crippen LogP contribution is 2.28. The summed E-state index contributed by atoms with van der Waals surface area (Å²) in [6.45, 7) is 2.35. The molecule has 3 heteroatoms. The van der Waals surface area contributed by atoms with Crippen molar-refractivity contribution in [3.63, 3.8) is 0 Å². The van der Waals surface area contributed by atoms with Crippen LogP contribution in [0.25, 0.3) is 0 Å². The lowest BCUT2D eigenvalue weighted by molar-refractivity contribution is 0.361. The molecule has 1 aliphatic rings. The second-order valence-electron chi connectivity index (χ2n) is 5.37. The van der Waals surface area contributed by atoms with Gasteiger partial charge >= 0.3 is 0 Å². The first-order chi connectivity index (χ1) is 8.16. The van der Waals surface area contributed by atoms with Gasteiger partial charge in [-0.2, -0.15) is 0 Å². The van der Waals surface area contributed by atoms with Crippen molar-refractivity contribution in [3.05, 3.63) is 18.3 Å². The van der Waals surface area contributed by atoms with E-state index in [4.69, 9.17) is 0 Å². The Labute approximate surface area is 104 Å². The molecule has 0 unspecified atom stereocenters. The highest BCUT2D eigenvalue weighted by molar-refractivity contribution is 5.65. The summed E-state index contributed by atoms with van der Waals surface area (Å²) in [5, 5.41) is 3.65. The summed E-state index contributed by atoms with van der Waals surface area (Å²) < 4.78 is 0. The van der Waals surface area contributed by atoms with Crippen molar-refractivity contribution in [2.75, 3.05) is 24.3 Å². The van der Waals surface area contributed by atoms with E-state index in [0.29, 0.717) is 6.04 Å². The first kappa shape index (κ1) is 12.2. The summed E-state index contributed by atoms with van der Waals surface area (Å²) in [4.78, 5) is 6.49. The summed E-state index contributed by atoms with van der Waals surface area (Å²) in [5.41, 5.74) is 1.16. The van der Waals surface area contributed by atoms with Gasteiger partial charge in [0.05, 0.1) is 5.69 Å². The van der Waals surface area contributed by atoms with Crippen molar-refractivity contribution in [1.29, 1.82) is 0 Å². The van der Waals surface area contributed by atoms with Crippen molar-refractivity contribution in [2.24, 2.45) is 5.92 Å². The van der Waals surface area contributed by atoms with Gasteiger partial charge in [-0.3, -0.25) is 0 Å². The van der Waals surface area contributed by atoms with Gasteiger partial charge in [0.2, 0.25) is 0 Å². The van der Waals surface area contributed by atoms with Crippen LogP contribution in [0.15, 0.2) is 18.3 Å². The second kappa shape index (κ2) is 5.39. The Morgan fingerprint density at radius 3 is 2.59 bits per heavy atom. The Morgan fingerprint density at radius 2 is 1.94 bits per heavy atom. The molecule has 1 fully saturated rings. The van der Waals surface area contributed by atoms with Crippen LogP contribution < -0.4 is 10.2 Å². The fourth-order valence-electron chi connectivity index (χ4n) is 2.49. The molecule has 1 N–H and O–H groups in total. The molecule has 0 spiro atoms. The minimum Gasteiger partial charge on any atom is -0.379 e. The number of pyridine rings is 1. The molecule has 94 valence electrons. The molecule has 1 saturated carbocycles. The van der Waals surface area contributed by atoms with Gasteiger partial charge in [-0.05, 0) is 43.7 Å². The average Bonchev–Trinajstić information content (AvgIpc) is 2.32. The lowest BCUT2D eigenvalue weighted by Crippen LogP contribution is -2.26. The monoisotopic (exact) mass is 233 g/mol. The maximum atomic E-state index is 4.42. The molecule has 1 aliphatic carbocycles. The van der Waals surface area contributed by atoms with Crippen molar-refractivity contribution < 1.29 is 0 Å². The second-order valence-corrected chi connectivity index (χ2v) is 5.37. The zero-order chi connectivity index (χ0) is 12.3. The topological polar surface area (TPSA) is 28.2 Å². The molecule has 1 aromatic heterocycles. The predicted octanol–water partition coefficient (Wildman–Crippen LogP) is 3.14. The summed E-state index contributed by atoms with van der Waals surface area (Å²) in [6.07, 6.45) is 7.10. The van der Waals surface area contributed by atoms with Gasteiger partial charge in [0.1, 0.15) is 0 Å². The number of aromatic nitrogens is 1. The van der Waals surface area contributed by atoms with Gasteiger partial charge in [0, 0.05) is 26.3 Å². The first-order valence-corrected chi connectivity index (χ1v) is 6.55. The van der Waals surface area contributed by atoms with Crippen LogP contribution in [0.2, 0.25) is 0 Å². The third-order valence-corrected chi connectivity index (χ3v) is 3.59. The minimum atomic E-state index is 0.620. The number of anilines is 2. The van der Waals surface area contributed by atoms with E-state index >= 15 is 0 Å². The average molecular weight is 233 g/mol. The zero-order valence-electron chi connectivity index (χ0n) is 11.1. The molecule has 0 saturated heterocycles. The Hall–Kier alpha value is -1.25. The van der Waals surface area contributed by atoms with Crippen molar-refractivity contribution in [3.8, 4) is 0 Å². The van der Waals surface area contributed by atoms with E-state index in [9.17, 15) is 0 Å². The van der Waals surface area contributed by atoms with Crippen LogP contribution in [-0.4, -0.2) is 25.1 Å². The number of nitrogens with zero attached hydrogens (tertiary/aromatic N) is 2. The highest BCUT2D eigenvalue weighted by Gasteiger charge is 2.19. The lowest BCUT2D eigenvalue weighted by atomic mass is 9.87. The van der Waals surface area contributed by atoms with E-state index in [0.717, 1.165) is 17.4 Å². The molecule has 0 radical (unpaired) electrons. The number of nitrogens with one attached hydrogen (secondary N) is 1. The Balaban J connectivity index is 2.03. The summed E-state index contributed by atoms with van der Waals surface area (Å²) >= 11 is 0. The van der Waals surface area contributed by atoms with Gasteiger partial charge in [-0.1, -0.05) is 6.92 Å². The first-order valence-electron chi connectivity index (χ1n) is 6.55. The number of hydrogen-bond acceptors (Lipinski definition) is 3. The molecule has 1 heterocycles. The van der Waals surface area contributed by atoms with Crippen molar-refractivity contribution >= 4 is 11.5 Å². The van der Waals surface area contributed by atoms with E-state index in [1.165, 1.54) is 25.7 Å². The zero-order valence-corrected chi connectivity index (χ0v) is 11.1. The molecule has 17 heavy (non-hydrogen) atoms. The number of rotatable bonds is 3. The quantitative estimate of drug-likeness (QED) is 0.869. The van der Waals surface area contributed by atoms with E-state index in [1.54, 1.807) is 0 Å². The van der Waals surface area contributed by atoms with Crippen molar-refractivity contribution in [1.82, 2.24) is 4.98 Å². The third kappa shape index (κ3) is 3.11. The molecular formula is C14H23N3. The standard InChI is InChI=1S/C14H23N3/c1-11-6-8-12(9-7-11)16-13-5-4-10-15-14(13)17(2)3/h4-5,10-12,16H,6-9H2,1-3H3. The fraction of sp³-hybridized carbons (Fsp3) is 0.643. The Kier molecular flexibility index (Phi) is 3.87. The van der Waals surface area contributed by atoms with E-state index in [2.05, 4.69) is 28.2 Å². The van der Waals surface area contributed by atoms with E-state index in [-0.39, 0.29) is 0 Å². The van der Waals surface area contributed by atoms with Crippen LogP contribution in [0.5, 0.6) is 0 Å². The van der Waals surface area contributed by atoms with Gasteiger partial charge in [-0.25, -0.2) is 4.98 Å². The van der Waals surface area contributed by atoms with Gasteiger partial charge in [-0.15, -0.1) is 0 Å². The maximum absolute atomic E-state index is 4.42. The molecule has 0 aliphatic heterocycles. The maximum Gasteiger partial charge on any atom is 0.151 e. The van der Waals surface area contributed by atoms with E-state index in [1.807, 2.05) is 26.4 Å². The van der Waals surface area contributed by atoms with E-state index < -0.39 is 0 Å². The van der Waals surface area contributed by atoms with Crippen molar-refractivity contribution in [2.45, 2.75) is 38.6 Å². The molecule has 0 bridgehead atoms. The Bertz CT molecular complexity index is 354. The molecule has 3 nitrogen and oxygen atoms in total. The highest BCUT2D eigenvalue weighted by atomic mass is 15.2. The summed E-state index contributed by atoms with van der Waals surface area (Å²) in [7, 11) is 4.08. The molecule has 0 amide bonds. The lowest BCUT2D eigenvalue weighted by Gasteiger charge is -2.29. The molecule has 1 aromatic rings. The number of hydrogen-bond donors (Lipinski definition) is 1. The van der Waals surface area contributed by atoms with Gasteiger partial charge in [0.25, 0.3) is 0 Å². The van der Waals surface area contributed by atoms with Crippen LogP contribution in [0.4, 0.5) is 11.5 Å². The third-order valence-electron chi connectivity index (χ3n) is 3.59. The molecule has 0 aromatic carbocycles. The molecule has 0 atom stereocenters. The fourth-order valence-corrected chi connectivity index (χ4v) is 2.49. The Morgan fingerprint density at radius 1 is 1.24 bits per heavy atom. The largest absolute Gasteiger partial charge is 0.379 e. The molecule has 2 rings (SSSR count). The van der Waals surface area contributed by atoms with Crippen LogP contribution in [0, 0.1) is 5.92 Å². The van der Waals surface area contributed by atoms with Crippen LogP contribution in [0.1, 0.15) is 32.6 Å². The molecular weight excluding hydrogens is 210 g/mol. The van der Waals surface area contributed by atoms with Crippen LogP contribution in [-0.2, 0) is 0 Å².